The Morgan fingerprint density at radius 2 is 1.72 bits per heavy atom. The molecule has 0 saturated carbocycles. The van der Waals surface area contributed by atoms with E-state index in [9.17, 15) is 17.6 Å². The molecule has 0 aliphatic carbocycles. The quantitative estimate of drug-likeness (QED) is 0.619. The van der Waals surface area contributed by atoms with Gasteiger partial charge in [-0.15, -0.1) is 0 Å². The zero-order valence-corrected chi connectivity index (χ0v) is 18.0. The summed E-state index contributed by atoms with van der Waals surface area (Å²) in [6.45, 7) is 4.37. The molecule has 174 valence electrons. The summed E-state index contributed by atoms with van der Waals surface area (Å²) in [4.78, 5) is 11.6. The van der Waals surface area contributed by atoms with Gasteiger partial charge in [-0.25, -0.2) is 14.4 Å². The van der Waals surface area contributed by atoms with Crippen molar-refractivity contribution >= 4 is 11.4 Å². The minimum atomic E-state index is -4.57. The molecule has 2 aromatic rings. The zero-order chi connectivity index (χ0) is 22.9. The largest absolute Gasteiger partial charge is 0.481 e. The first-order valence-electron chi connectivity index (χ1n) is 10.7. The summed E-state index contributed by atoms with van der Waals surface area (Å²) in [7, 11) is 1.45. The van der Waals surface area contributed by atoms with Gasteiger partial charge in [0.25, 0.3) is 0 Å². The van der Waals surface area contributed by atoms with E-state index in [1.165, 1.54) is 19.4 Å². The molecule has 0 amide bonds. The summed E-state index contributed by atoms with van der Waals surface area (Å²) in [5, 5.41) is 0. The Bertz CT molecular complexity index is 948. The van der Waals surface area contributed by atoms with Gasteiger partial charge in [-0.1, -0.05) is 6.92 Å². The number of aromatic nitrogens is 2. The van der Waals surface area contributed by atoms with Crippen molar-refractivity contribution in [2.45, 2.75) is 38.5 Å². The van der Waals surface area contributed by atoms with Gasteiger partial charge in [0.1, 0.15) is 11.7 Å². The maximum absolute atomic E-state index is 14.2. The highest BCUT2D eigenvalue weighted by atomic mass is 19.4. The van der Waals surface area contributed by atoms with Crippen LogP contribution in [0.1, 0.15) is 31.7 Å². The van der Waals surface area contributed by atoms with Crippen LogP contribution in [0.15, 0.2) is 24.5 Å². The normalized spacial score (nSPS) is 20.0. The van der Waals surface area contributed by atoms with E-state index in [1.54, 1.807) is 0 Å². The number of pyridine rings is 2. The Kier molecular flexibility index (Phi) is 6.30. The summed E-state index contributed by atoms with van der Waals surface area (Å²) in [6.07, 6.45) is -0.633. The van der Waals surface area contributed by atoms with Crippen LogP contribution in [0.25, 0.3) is 0 Å². The molecule has 0 radical (unpaired) electrons. The molecule has 4 heterocycles. The van der Waals surface area contributed by atoms with E-state index in [4.69, 9.17) is 9.47 Å². The minimum Gasteiger partial charge on any atom is -0.481 e. The van der Waals surface area contributed by atoms with Crippen LogP contribution in [-0.4, -0.2) is 49.4 Å². The third-order valence-corrected chi connectivity index (χ3v) is 6.01. The van der Waals surface area contributed by atoms with Crippen molar-refractivity contribution in [2.75, 3.05) is 43.1 Å². The van der Waals surface area contributed by atoms with Crippen molar-refractivity contribution in [1.82, 2.24) is 9.97 Å². The summed E-state index contributed by atoms with van der Waals surface area (Å²) >= 11 is 0. The highest BCUT2D eigenvalue weighted by Crippen LogP contribution is 2.39. The number of rotatable bonds is 5. The number of methoxy groups -OCH3 is 1. The van der Waals surface area contributed by atoms with E-state index < -0.39 is 29.5 Å². The van der Waals surface area contributed by atoms with Crippen molar-refractivity contribution in [1.29, 1.82) is 0 Å². The van der Waals surface area contributed by atoms with E-state index in [1.807, 2.05) is 9.80 Å². The fourth-order valence-electron chi connectivity index (χ4n) is 4.22. The molecule has 2 aromatic heterocycles. The number of anilines is 2. The molecule has 2 saturated heterocycles. The summed E-state index contributed by atoms with van der Waals surface area (Å²) in [5.74, 6) is -0.136. The van der Waals surface area contributed by atoms with Crippen molar-refractivity contribution in [3.05, 3.63) is 35.9 Å². The summed E-state index contributed by atoms with van der Waals surface area (Å²) in [5.41, 5.74) is -0.0403. The first-order valence-corrected chi connectivity index (χ1v) is 10.7. The van der Waals surface area contributed by atoms with E-state index in [0.29, 0.717) is 55.6 Å². The molecule has 10 heteroatoms. The molecule has 2 fully saturated rings. The Morgan fingerprint density at radius 3 is 2.34 bits per heavy atom. The molecule has 2 aliphatic rings. The van der Waals surface area contributed by atoms with Crippen LogP contribution >= 0.6 is 0 Å². The van der Waals surface area contributed by atoms with Crippen molar-refractivity contribution in [2.24, 2.45) is 5.92 Å². The monoisotopic (exact) mass is 454 g/mol. The van der Waals surface area contributed by atoms with Crippen LogP contribution in [0.3, 0.4) is 0 Å². The average Bonchev–Trinajstić information content (AvgIpc) is 3.20. The Morgan fingerprint density at radius 1 is 1.00 bits per heavy atom. The average molecular weight is 454 g/mol. The van der Waals surface area contributed by atoms with Gasteiger partial charge < -0.3 is 19.3 Å². The SMILES string of the molecule is COc1cc(N2CCC(Oc3ncc(N4CCC(C)C4)cc3C(F)(F)F)CC2)c(F)cn1. The molecule has 32 heavy (non-hydrogen) atoms. The van der Waals surface area contributed by atoms with Gasteiger partial charge in [-0.3, -0.25) is 0 Å². The predicted octanol–water partition coefficient (Wildman–Crippen LogP) is 4.54. The first-order chi connectivity index (χ1) is 15.2. The third kappa shape index (κ3) is 4.83. The van der Waals surface area contributed by atoms with Crippen molar-refractivity contribution in [3.63, 3.8) is 0 Å². The van der Waals surface area contributed by atoms with Crippen molar-refractivity contribution in [3.8, 4) is 11.8 Å². The topological polar surface area (TPSA) is 50.7 Å². The summed E-state index contributed by atoms with van der Waals surface area (Å²) in [6, 6.07) is 2.64. The Labute approximate surface area is 184 Å². The maximum atomic E-state index is 14.2. The maximum Gasteiger partial charge on any atom is 0.421 e. The fourth-order valence-corrected chi connectivity index (χ4v) is 4.22. The molecule has 0 N–H and O–H groups in total. The molecular weight excluding hydrogens is 428 g/mol. The van der Waals surface area contributed by atoms with Gasteiger partial charge in [0.2, 0.25) is 11.8 Å². The van der Waals surface area contributed by atoms with Gasteiger partial charge in [-0.05, 0) is 18.4 Å². The minimum absolute atomic E-state index is 0.297. The first kappa shape index (κ1) is 22.4. The predicted molar refractivity (Wildman–Crippen MR) is 112 cm³/mol. The number of halogens is 4. The molecule has 2 aliphatic heterocycles. The van der Waals surface area contributed by atoms with Crippen LogP contribution in [0.4, 0.5) is 28.9 Å². The molecule has 0 aromatic carbocycles. The van der Waals surface area contributed by atoms with Crippen LogP contribution in [0.2, 0.25) is 0 Å². The van der Waals surface area contributed by atoms with E-state index in [-0.39, 0.29) is 0 Å². The molecule has 1 unspecified atom stereocenters. The number of alkyl halides is 3. The van der Waals surface area contributed by atoms with Crippen LogP contribution in [0.5, 0.6) is 11.8 Å². The second-order valence-corrected chi connectivity index (χ2v) is 8.37. The van der Waals surface area contributed by atoms with Gasteiger partial charge >= 0.3 is 6.18 Å². The van der Waals surface area contributed by atoms with E-state index in [0.717, 1.165) is 25.2 Å². The lowest BCUT2D eigenvalue weighted by Crippen LogP contribution is -2.39. The van der Waals surface area contributed by atoms with Crippen LogP contribution in [-0.2, 0) is 6.18 Å². The van der Waals surface area contributed by atoms with Gasteiger partial charge in [0.15, 0.2) is 5.82 Å². The molecule has 0 bridgehead atoms. The van der Waals surface area contributed by atoms with Crippen LogP contribution < -0.4 is 19.3 Å². The fraction of sp³-hybridized carbons (Fsp3) is 0.545. The number of hydrogen-bond donors (Lipinski definition) is 0. The lowest BCUT2D eigenvalue weighted by Gasteiger charge is -2.34. The lowest BCUT2D eigenvalue weighted by atomic mass is 10.1. The van der Waals surface area contributed by atoms with Gasteiger partial charge in [-0.2, -0.15) is 13.2 Å². The summed E-state index contributed by atoms with van der Waals surface area (Å²) < 4.78 is 66.2. The number of piperidine rings is 1. The van der Waals surface area contributed by atoms with Gasteiger partial charge in [0, 0.05) is 45.1 Å². The number of ether oxygens (including phenoxy) is 2. The number of nitrogens with zero attached hydrogens (tertiary/aromatic N) is 4. The molecule has 6 nitrogen and oxygen atoms in total. The molecule has 1 atom stereocenters. The van der Waals surface area contributed by atoms with Crippen LogP contribution in [0, 0.1) is 11.7 Å². The Hall–Kier alpha value is -2.78. The highest BCUT2D eigenvalue weighted by molar-refractivity contribution is 5.51. The smallest absolute Gasteiger partial charge is 0.421 e. The highest BCUT2D eigenvalue weighted by Gasteiger charge is 2.37. The lowest BCUT2D eigenvalue weighted by molar-refractivity contribution is -0.139. The van der Waals surface area contributed by atoms with Gasteiger partial charge in [0.05, 0.1) is 30.9 Å². The zero-order valence-electron chi connectivity index (χ0n) is 18.0. The molecule has 4 rings (SSSR count). The standard InChI is InChI=1S/C22H26F4N4O2/c1-14-3-6-30(13-14)15-9-17(22(24,25)26)21(28-11-15)32-16-4-7-29(8-5-16)19-10-20(31-2)27-12-18(19)23/h9-12,14,16H,3-8,13H2,1-2H3. The number of hydrogen-bond acceptors (Lipinski definition) is 6. The van der Waals surface area contributed by atoms with E-state index >= 15 is 0 Å². The molecular formula is C22H26F4N4O2. The third-order valence-electron chi connectivity index (χ3n) is 6.01. The second kappa shape index (κ2) is 8.99. The Balaban J connectivity index is 1.45. The van der Waals surface area contributed by atoms with E-state index in [2.05, 4.69) is 16.9 Å². The second-order valence-electron chi connectivity index (χ2n) is 8.37. The van der Waals surface area contributed by atoms with Crippen molar-refractivity contribution < 1.29 is 27.0 Å². The molecule has 0 spiro atoms.